The quantitative estimate of drug-likeness (QED) is 0.0855. The van der Waals surface area contributed by atoms with Crippen LogP contribution in [0.3, 0.4) is 0 Å². The van der Waals surface area contributed by atoms with Gasteiger partial charge in [-0.2, -0.15) is 0 Å². The van der Waals surface area contributed by atoms with E-state index in [-0.39, 0.29) is 56.7 Å². The summed E-state index contributed by atoms with van der Waals surface area (Å²) in [5, 5.41) is 49.6. The van der Waals surface area contributed by atoms with Crippen LogP contribution in [0.15, 0.2) is 85.1 Å². The second-order valence-electron chi connectivity index (χ2n) is 18.1. The Labute approximate surface area is 402 Å². The van der Waals surface area contributed by atoms with E-state index in [1.807, 2.05) is 0 Å². The first-order valence-corrected chi connectivity index (χ1v) is 23.2. The van der Waals surface area contributed by atoms with Gasteiger partial charge in [0.25, 0.3) is 5.91 Å². The third kappa shape index (κ3) is 11.7. The average Bonchev–Trinajstić information content (AvgIpc) is 4.10. The van der Waals surface area contributed by atoms with Crippen molar-refractivity contribution in [1.29, 1.82) is 0 Å². The normalized spacial score (nSPS) is 23.9. The highest BCUT2D eigenvalue weighted by Gasteiger charge is 2.41. The van der Waals surface area contributed by atoms with Gasteiger partial charge in [0, 0.05) is 43.8 Å². The minimum absolute atomic E-state index is 0.0600. The molecule has 8 atom stereocenters. The lowest BCUT2D eigenvalue weighted by molar-refractivity contribution is -0.142. The van der Waals surface area contributed by atoms with Crippen LogP contribution in [0.4, 0.5) is 0 Å². The van der Waals surface area contributed by atoms with Crippen LogP contribution in [0, 0.1) is 5.92 Å². The molecule has 2 fully saturated rings. The van der Waals surface area contributed by atoms with Gasteiger partial charge in [-0.3, -0.25) is 38.4 Å². The number of hydrogen-bond acceptors (Lipinski definition) is 11. The minimum Gasteiger partial charge on any atom is -0.508 e. The molecule has 3 aliphatic heterocycles. The van der Waals surface area contributed by atoms with Crippen LogP contribution >= 0.6 is 0 Å². The first-order chi connectivity index (χ1) is 33.5. The molecule has 2 bridgehead atoms. The number of carboxylic acids is 1. The Morgan fingerprint density at radius 1 is 0.757 bits per heavy atom. The molecule has 21 nitrogen and oxygen atoms in total. The van der Waals surface area contributed by atoms with Crippen LogP contribution in [-0.2, 0) is 62.4 Å². The lowest BCUT2D eigenvalue weighted by Crippen LogP contribution is -2.60. The molecule has 4 heterocycles. The molecule has 0 aliphatic carbocycles. The van der Waals surface area contributed by atoms with Gasteiger partial charge in [-0.25, -0.2) is 4.79 Å². The number of carbonyl (C=O) groups excluding carboxylic acids is 8. The molecule has 21 heteroatoms. The number of fused-ring (bicyclic) bond motifs is 5. The van der Waals surface area contributed by atoms with Crippen LogP contribution in [-0.4, -0.2) is 133 Å². The minimum atomic E-state index is -1.72. The number of carbonyl (C=O) groups is 9. The molecular weight excluding hydrogens is 907 g/mol. The van der Waals surface area contributed by atoms with Crippen molar-refractivity contribution < 1.29 is 58.5 Å². The van der Waals surface area contributed by atoms with Crippen LogP contribution in [0.5, 0.6) is 5.75 Å². The van der Waals surface area contributed by atoms with Crippen LogP contribution in [0.2, 0.25) is 0 Å². The van der Waals surface area contributed by atoms with E-state index >= 15 is 0 Å². The number of aromatic hydroxyl groups is 1. The monoisotopic (exact) mass is 963 g/mol. The fraction of sp³-hybridized carbons (Fsp3) is 0.408. The summed E-state index contributed by atoms with van der Waals surface area (Å²) in [5.41, 5.74) is 1.72. The van der Waals surface area contributed by atoms with E-state index in [0.717, 1.165) is 0 Å². The summed E-state index contributed by atoms with van der Waals surface area (Å²) in [6.45, 7) is 2.61. The number of nitrogens with one attached hydrogen (secondary N) is 7. The zero-order valence-corrected chi connectivity index (χ0v) is 38.6. The maximum absolute atomic E-state index is 15.0. The van der Waals surface area contributed by atoms with Crippen molar-refractivity contribution in [2.45, 2.75) is 107 Å². The summed E-state index contributed by atoms with van der Waals surface area (Å²) >= 11 is 0. The summed E-state index contributed by atoms with van der Waals surface area (Å²) in [5.74, 6) is -8.07. The highest BCUT2D eigenvalue weighted by atomic mass is 16.4. The number of aromatic nitrogens is 1. The van der Waals surface area contributed by atoms with E-state index < -0.39 is 108 Å². The van der Waals surface area contributed by atoms with Gasteiger partial charge < -0.3 is 62.0 Å². The average molecular weight is 964 g/mol. The van der Waals surface area contributed by atoms with Crippen molar-refractivity contribution in [1.82, 2.24) is 46.7 Å². The molecule has 0 spiro atoms. The number of rotatable bonds is 12. The molecule has 70 heavy (non-hydrogen) atoms. The summed E-state index contributed by atoms with van der Waals surface area (Å²) < 4.78 is 1.37. The number of para-hydroxylation sites is 1. The molecule has 4 aromatic rings. The smallest absolute Gasteiger partial charge is 0.326 e. The maximum Gasteiger partial charge on any atom is 0.326 e. The fourth-order valence-electron chi connectivity index (χ4n) is 9.04. The third-order valence-electron chi connectivity index (χ3n) is 12.8. The molecule has 1 aromatic heterocycles. The van der Waals surface area contributed by atoms with Gasteiger partial charge in [-0.15, -0.1) is 0 Å². The standard InChI is InChI=1S/C49H57N9O12/c1-26(2)40-46(66)52-33(21-27-9-4-3-5-10-27)42(62)54-36(25-59)44(64)53-35(49(69)70)23-29-24-58(37-12-7-6-11-31(29)37)41(47(67)55-40)56-43(63)34(22-28-14-16-30(60)17-15-28)51-45(65)38-13-8-20-57(38)48(68)32-18-19-39(61)50-32/h3-7,9-12,14-17,24,26,32-36,38,40-41,59-60H,8,13,18-23,25H2,1-2H3,(H,50,61)(H,51,65)(H,52,66)(H,53,64)(H,54,62)(H,55,67)(H,56,63)(H,69,70)/t32-,33+,34-,35-,36-,38-,40-,41-/m0/s1. The number of phenolic OH excluding ortho intramolecular Hbond substituents is 1. The maximum atomic E-state index is 15.0. The number of nitrogens with zero attached hydrogens (tertiary/aromatic N) is 2. The number of amides is 8. The van der Waals surface area contributed by atoms with Crippen molar-refractivity contribution in [3.05, 3.63) is 102 Å². The molecule has 3 aromatic carbocycles. The highest BCUT2D eigenvalue weighted by Crippen LogP contribution is 2.27. The Morgan fingerprint density at radius 2 is 1.44 bits per heavy atom. The molecule has 2 saturated heterocycles. The molecule has 3 aliphatic rings. The SMILES string of the molecule is CC(C)[C@@H]1NC(=O)[C@@H](NC(=O)[C@H](Cc2ccc(O)cc2)NC(=O)[C@@H]2CCCN2C(=O)[C@@H]2CCC(=O)N2)n2cc(c3ccccc32)C[C@@H](C(=O)O)NC(=O)[C@H](CO)NC(=O)[C@@H](Cc2ccccc2)NC1=O. The molecule has 8 amide bonds. The summed E-state index contributed by atoms with van der Waals surface area (Å²) in [6, 6.07) is 11.8. The zero-order valence-electron chi connectivity index (χ0n) is 38.6. The summed E-state index contributed by atoms with van der Waals surface area (Å²) in [4.78, 5) is 126. The van der Waals surface area contributed by atoms with Crippen molar-refractivity contribution >= 4 is 64.1 Å². The first kappa shape index (κ1) is 50.1. The van der Waals surface area contributed by atoms with E-state index in [9.17, 15) is 58.5 Å². The van der Waals surface area contributed by atoms with Gasteiger partial charge in [0.05, 0.1) is 12.1 Å². The van der Waals surface area contributed by atoms with Gasteiger partial charge in [0.1, 0.15) is 48.0 Å². The van der Waals surface area contributed by atoms with Crippen molar-refractivity contribution in [3.63, 3.8) is 0 Å². The number of hydrogen-bond donors (Lipinski definition) is 10. The Bertz CT molecular complexity index is 2640. The number of aliphatic hydroxyl groups is 1. The Hall–Kier alpha value is -7.81. The number of phenols is 1. The molecular formula is C49H57N9O12. The fourth-order valence-corrected chi connectivity index (χ4v) is 9.04. The zero-order chi connectivity index (χ0) is 50.2. The molecule has 370 valence electrons. The number of aliphatic carboxylic acids is 1. The van der Waals surface area contributed by atoms with Gasteiger partial charge in [-0.1, -0.05) is 74.5 Å². The molecule has 10 N–H and O–H groups in total. The van der Waals surface area contributed by atoms with Gasteiger partial charge in [-0.05, 0) is 60.1 Å². The second-order valence-corrected chi connectivity index (χ2v) is 18.1. The van der Waals surface area contributed by atoms with Gasteiger partial charge in [0.15, 0.2) is 6.17 Å². The number of likely N-dealkylation sites (tertiary alicyclic amines) is 1. The van der Waals surface area contributed by atoms with Crippen LogP contribution in [0.25, 0.3) is 10.9 Å². The molecule has 7 rings (SSSR count). The molecule has 0 saturated carbocycles. The van der Waals surface area contributed by atoms with Crippen LogP contribution in [0.1, 0.15) is 62.4 Å². The molecule has 0 radical (unpaired) electrons. The van der Waals surface area contributed by atoms with E-state index in [4.69, 9.17) is 0 Å². The lowest BCUT2D eigenvalue weighted by atomic mass is 10.0. The highest BCUT2D eigenvalue weighted by molar-refractivity contribution is 5.99. The van der Waals surface area contributed by atoms with Crippen LogP contribution < -0.4 is 37.2 Å². The Balaban J connectivity index is 1.28. The Kier molecular flexibility index (Phi) is 15.8. The van der Waals surface area contributed by atoms with E-state index in [1.54, 1.807) is 80.6 Å². The summed E-state index contributed by atoms with van der Waals surface area (Å²) in [6.07, 6.45) is 0.245. The van der Waals surface area contributed by atoms with E-state index in [1.165, 1.54) is 27.8 Å². The van der Waals surface area contributed by atoms with E-state index in [2.05, 4.69) is 37.2 Å². The molecule has 0 unspecified atom stereocenters. The topological polar surface area (TPSA) is 307 Å². The van der Waals surface area contributed by atoms with Gasteiger partial charge in [0.2, 0.25) is 41.4 Å². The van der Waals surface area contributed by atoms with Crippen molar-refractivity contribution in [2.75, 3.05) is 13.2 Å². The first-order valence-electron chi connectivity index (χ1n) is 23.2. The van der Waals surface area contributed by atoms with Gasteiger partial charge >= 0.3 is 5.97 Å². The number of aliphatic hydroxyl groups excluding tert-OH is 1. The second kappa shape index (κ2) is 22.1. The number of carboxylic acid groups (broad SMARTS) is 1. The Morgan fingerprint density at radius 3 is 2.11 bits per heavy atom. The predicted molar refractivity (Wildman–Crippen MR) is 250 cm³/mol. The van der Waals surface area contributed by atoms with Crippen molar-refractivity contribution in [2.24, 2.45) is 5.92 Å². The van der Waals surface area contributed by atoms with Crippen molar-refractivity contribution in [3.8, 4) is 5.75 Å². The number of benzene rings is 3. The lowest BCUT2D eigenvalue weighted by Gasteiger charge is -2.30. The largest absolute Gasteiger partial charge is 0.508 e. The third-order valence-corrected chi connectivity index (χ3v) is 12.8. The summed E-state index contributed by atoms with van der Waals surface area (Å²) in [7, 11) is 0. The predicted octanol–water partition coefficient (Wildman–Crippen LogP) is -0.570. The van der Waals surface area contributed by atoms with E-state index in [0.29, 0.717) is 34.0 Å².